The van der Waals surface area contributed by atoms with Crippen LogP contribution in [0.1, 0.15) is 32.6 Å². The van der Waals surface area contributed by atoms with E-state index >= 15 is 0 Å². The van der Waals surface area contributed by atoms with Crippen molar-refractivity contribution in [2.24, 2.45) is 5.92 Å². The molecule has 1 aliphatic heterocycles. The molecule has 2 aliphatic rings. The van der Waals surface area contributed by atoms with Crippen LogP contribution in [0.3, 0.4) is 0 Å². The van der Waals surface area contributed by atoms with Gasteiger partial charge in [0.1, 0.15) is 6.54 Å². The Bertz CT molecular complexity index is 344. The Balaban J connectivity index is 1.80. The number of hydrogen-bond donors (Lipinski definition) is 2. The van der Waals surface area contributed by atoms with E-state index in [9.17, 15) is 9.59 Å². The van der Waals surface area contributed by atoms with Crippen molar-refractivity contribution < 1.29 is 19.4 Å². The van der Waals surface area contributed by atoms with Crippen molar-refractivity contribution in [3.63, 3.8) is 0 Å². The van der Waals surface area contributed by atoms with Gasteiger partial charge >= 0.3 is 12.0 Å². The van der Waals surface area contributed by atoms with Crippen molar-refractivity contribution in [3.05, 3.63) is 0 Å². The van der Waals surface area contributed by atoms with E-state index in [2.05, 4.69) is 12.2 Å². The van der Waals surface area contributed by atoms with Crippen molar-refractivity contribution in [2.45, 2.75) is 44.8 Å². The zero-order valence-electron chi connectivity index (χ0n) is 11.3. The second-order valence-corrected chi connectivity index (χ2v) is 5.31. The highest BCUT2D eigenvalue weighted by Crippen LogP contribution is 2.27. The van der Waals surface area contributed by atoms with Crippen LogP contribution < -0.4 is 5.32 Å². The standard InChI is InChI=1S/C13H22N2O4/c1-2-11-9(5-6-19-11)7-14-13(18)15(8-12(16)17)10-3-4-10/h9-11H,2-8H2,1H3,(H,14,18)(H,16,17). The van der Waals surface area contributed by atoms with Crippen LogP contribution in [0, 0.1) is 5.92 Å². The first-order chi connectivity index (χ1) is 9.11. The SMILES string of the molecule is CCC1OCCC1CNC(=O)N(CC(=O)O)C1CC1. The van der Waals surface area contributed by atoms with Gasteiger partial charge in [0.25, 0.3) is 0 Å². The molecule has 1 aliphatic carbocycles. The summed E-state index contributed by atoms with van der Waals surface area (Å²) in [6, 6.07) is -0.149. The minimum atomic E-state index is -0.960. The van der Waals surface area contributed by atoms with Gasteiger partial charge in [-0.05, 0) is 25.7 Å². The third-order valence-corrected chi connectivity index (χ3v) is 3.82. The largest absolute Gasteiger partial charge is 0.480 e. The van der Waals surface area contributed by atoms with Gasteiger partial charge in [-0.2, -0.15) is 0 Å². The number of urea groups is 1. The number of nitrogens with zero attached hydrogens (tertiary/aromatic N) is 1. The second-order valence-electron chi connectivity index (χ2n) is 5.31. The zero-order valence-corrected chi connectivity index (χ0v) is 11.3. The van der Waals surface area contributed by atoms with Gasteiger partial charge in [0.2, 0.25) is 0 Å². The van der Waals surface area contributed by atoms with Crippen LogP contribution in [0.4, 0.5) is 4.79 Å². The van der Waals surface area contributed by atoms with Crippen LogP contribution in [0.15, 0.2) is 0 Å². The van der Waals surface area contributed by atoms with Gasteiger partial charge in [-0.15, -0.1) is 0 Å². The lowest BCUT2D eigenvalue weighted by molar-refractivity contribution is -0.137. The quantitative estimate of drug-likeness (QED) is 0.756. The van der Waals surface area contributed by atoms with Gasteiger partial charge in [0, 0.05) is 25.1 Å². The summed E-state index contributed by atoms with van der Waals surface area (Å²) in [7, 11) is 0. The predicted octanol–water partition coefficient (Wildman–Crippen LogP) is 1.06. The molecule has 19 heavy (non-hydrogen) atoms. The van der Waals surface area contributed by atoms with Crippen molar-refractivity contribution in [1.82, 2.24) is 10.2 Å². The molecule has 2 unspecified atom stereocenters. The zero-order chi connectivity index (χ0) is 13.8. The van der Waals surface area contributed by atoms with Crippen molar-refractivity contribution in [2.75, 3.05) is 19.7 Å². The van der Waals surface area contributed by atoms with Gasteiger partial charge in [-0.1, -0.05) is 6.92 Å². The summed E-state index contributed by atoms with van der Waals surface area (Å²) < 4.78 is 5.57. The normalized spacial score (nSPS) is 26.2. The fourth-order valence-corrected chi connectivity index (χ4v) is 2.60. The van der Waals surface area contributed by atoms with Crippen LogP contribution in [-0.4, -0.2) is 53.8 Å². The number of carbonyl (C=O) groups is 2. The summed E-state index contributed by atoms with van der Waals surface area (Å²) in [6.07, 6.45) is 3.94. The molecule has 6 heteroatoms. The predicted molar refractivity (Wildman–Crippen MR) is 68.9 cm³/mol. The highest BCUT2D eigenvalue weighted by atomic mass is 16.5. The Morgan fingerprint density at radius 2 is 2.11 bits per heavy atom. The molecule has 1 saturated heterocycles. The molecule has 1 heterocycles. The number of rotatable bonds is 6. The van der Waals surface area contributed by atoms with Crippen LogP contribution in [0.25, 0.3) is 0 Å². The van der Waals surface area contributed by atoms with Crippen molar-refractivity contribution in [3.8, 4) is 0 Å². The van der Waals surface area contributed by atoms with Gasteiger partial charge in [0.05, 0.1) is 6.10 Å². The summed E-state index contributed by atoms with van der Waals surface area (Å²) in [5, 5.41) is 11.7. The van der Waals surface area contributed by atoms with E-state index in [1.165, 1.54) is 4.90 Å². The third-order valence-electron chi connectivity index (χ3n) is 3.82. The average Bonchev–Trinajstić information content (AvgIpc) is 3.11. The lowest BCUT2D eigenvalue weighted by Gasteiger charge is -2.23. The molecule has 2 rings (SSSR count). The highest BCUT2D eigenvalue weighted by Gasteiger charge is 2.34. The molecule has 2 fully saturated rings. The molecule has 0 aromatic rings. The summed E-state index contributed by atoms with van der Waals surface area (Å²) in [4.78, 5) is 24.2. The highest BCUT2D eigenvalue weighted by molar-refractivity contribution is 5.80. The van der Waals surface area contributed by atoms with Gasteiger partial charge in [0.15, 0.2) is 0 Å². The topological polar surface area (TPSA) is 78.9 Å². The van der Waals surface area contributed by atoms with Crippen molar-refractivity contribution in [1.29, 1.82) is 0 Å². The minimum Gasteiger partial charge on any atom is -0.480 e. The maximum Gasteiger partial charge on any atom is 0.323 e. The van der Waals surface area contributed by atoms with E-state index in [0.29, 0.717) is 12.5 Å². The number of carboxylic acid groups (broad SMARTS) is 1. The lowest BCUT2D eigenvalue weighted by Crippen LogP contribution is -2.46. The maximum absolute atomic E-state index is 12.0. The summed E-state index contributed by atoms with van der Waals surface area (Å²) in [6.45, 7) is 3.18. The summed E-state index contributed by atoms with van der Waals surface area (Å²) in [5.41, 5.74) is 0. The van der Waals surface area contributed by atoms with Crippen LogP contribution in [0.5, 0.6) is 0 Å². The maximum atomic E-state index is 12.0. The number of carbonyl (C=O) groups excluding carboxylic acids is 1. The summed E-state index contributed by atoms with van der Waals surface area (Å²) in [5.74, 6) is -0.613. The number of ether oxygens (including phenoxy) is 1. The smallest absolute Gasteiger partial charge is 0.323 e. The molecule has 2 N–H and O–H groups in total. The van der Waals surface area contributed by atoms with E-state index < -0.39 is 5.97 Å². The average molecular weight is 270 g/mol. The molecule has 0 aromatic carbocycles. The van der Waals surface area contributed by atoms with E-state index in [1.54, 1.807) is 0 Å². The van der Waals surface area contributed by atoms with Gasteiger partial charge in [-0.3, -0.25) is 4.79 Å². The van der Waals surface area contributed by atoms with Gasteiger partial charge in [-0.25, -0.2) is 4.79 Å². The minimum absolute atomic E-state index is 0.109. The first-order valence-electron chi connectivity index (χ1n) is 6.99. The molecule has 2 amide bonds. The Morgan fingerprint density at radius 1 is 1.37 bits per heavy atom. The number of carboxylic acids is 1. The Hall–Kier alpha value is -1.30. The first kappa shape index (κ1) is 14.1. The fourth-order valence-electron chi connectivity index (χ4n) is 2.60. The Labute approximate surface area is 113 Å². The summed E-state index contributed by atoms with van der Waals surface area (Å²) >= 11 is 0. The van der Waals surface area contributed by atoms with Crippen LogP contribution >= 0.6 is 0 Å². The molecule has 0 bridgehead atoms. The molecule has 2 atom stereocenters. The number of nitrogens with one attached hydrogen (secondary N) is 1. The van der Waals surface area contributed by atoms with E-state index in [1.807, 2.05) is 0 Å². The molecule has 108 valence electrons. The van der Waals surface area contributed by atoms with E-state index in [-0.39, 0.29) is 24.7 Å². The molecular weight excluding hydrogens is 248 g/mol. The molecule has 0 aromatic heterocycles. The first-order valence-corrected chi connectivity index (χ1v) is 6.99. The number of amides is 2. The number of hydrogen-bond acceptors (Lipinski definition) is 3. The molecular formula is C13H22N2O4. The van der Waals surface area contributed by atoms with Crippen LogP contribution in [0.2, 0.25) is 0 Å². The monoisotopic (exact) mass is 270 g/mol. The molecule has 6 nitrogen and oxygen atoms in total. The Morgan fingerprint density at radius 3 is 2.68 bits per heavy atom. The van der Waals surface area contributed by atoms with Gasteiger partial charge < -0.3 is 20.1 Å². The number of aliphatic carboxylic acids is 1. The third kappa shape index (κ3) is 3.83. The van der Waals surface area contributed by atoms with Crippen molar-refractivity contribution >= 4 is 12.0 Å². The van der Waals surface area contributed by atoms with E-state index in [0.717, 1.165) is 32.3 Å². The Kier molecular flexibility index (Phi) is 4.63. The molecule has 0 spiro atoms. The van der Waals surface area contributed by atoms with E-state index in [4.69, 9.17) is 9.84 Å². The molecule has 0 radical (unpaired) electrons. The molecule has 1 saturated carbocycles. The second kappa shape index (κ2) is 6.23. The van der Waals surface area contributed by atoms with Crippen LogP contribution in [-0.2, 0) is 9.53 Å². The lowest BCUT2D eigenvalue weighted by atomic mass is 10.00. The fraction of sp³-hybridized carbons (Fsp3) is 0.846.